The Kier molecular flexibility index (Phi) is 3.55. The van der Waals surface area contributed by atoms with Gasteiger partial charge < -0.3 is 10.2 Å². The fourth-order valence-electron chi connectivity index (χ4n) is 4.06. The Balaban J connectivity index is 1.26. The van der Waals surface area contributed by atoms with Gasteiger partial charge in [-0.1, -0.05) is 30.3 Å². The lowest BCUT2D eigenvalue weighted by molar-refractivity contribution is 0.210. The van der Waals surface area contributed by atoms with Crippen LogP contribution in [-0.4, -0.2) is 36.6 Å². The lowest BCUT2D eigenvalue weighted by atomic mass is 10.1. The molecule has 3 fully saturated rings. The quantitative estimate of drug-likeness (QED) is 0.861. The molecule has 3 aliphatic rings. The topological polar surface area (TPSA) is 15.3 Å². The highest BCUT2D eigenvalue weighted by atomic mass is 15.2. The Labute approximate surface area is 128 Å². The van der Waals surface area contributed by atoms with Crippen LogP contribution < -0.4 is 5.32 Å². The highest BCUT2D eigenvalue weighted by Crippen LogP contribution is 2.48. The molecule has 1 aliphatic heterocycles. The Morgan fingerprint density at radius 1 is 1.24 bits per heavy atom. The van der Waals surface area contributed by atoms with Crippen molar-refractivity contribution in [3.05, 3.63) is 35.9 Å². The van der Waals surface area contributed by atoms with Crippen molar-refractivity contribution in [1.82, 2.24) is 10.2 Å². The van der Waals surface area contributed by atoms with Gasteiger partial charge in [0.05, 0.1) is 0 Å². The lowest BCUT2D eigenvalue weighted by Gasteiger charge is -2.27. The largest absolute Gasteiger partial charge is 0.313 e. The van der Waals surface area contributed by atoms with Crippen molar-refractivity contribution in [2.45, 2.75) is 57.0 Å². The maximum Gasteiger partial charge on any atom is 0.0143 e. The normalized spacial score (nSPS) is 34.0. The van der Waals surface area contributed by atoms with Crippen LogP contribution in [0.15, 0.2) is 30.3 Å². The Hall–Kier alpha value is -0.860. The highest BCUT2D eigenvalue weighted by Gasteiger charge is 2.47. The molecule has 1 aromatic carbocycles. The molecule has 0 aromatic heterocycles. The summed E-state index contributed by atoms with van der Waals surface area (Å²) < 4.78 is 0. The fraction of sp³-hybridized carbons (Fsp3) is 0.684. The number of rotatable bonds is 6. The van der Waals surface area contributed by atoms with Crippen molar-refractivity contribution in [3.8, 4) is 0 Å². The minimum atomic E-state index is 0.614. The molecule has 0 spiro atoms. The molecule has 2 aliphatic carbocycles. The third kappa shape index (κ3) is 3.02. The maximum atomic E-state index is 3.87. The molecule has 1 saturated heterocycles. The molecule has 2 nitrogen and oxygen atoms in total. The van der Waals surface area contributed by atoms with Crippen LogP contribution in [0.1, 0.15) is 50.5 Å². The summed E-state index contributed by atoms with van der Waals surface area (Å²) >= 11 is 0. The first-order valence-corrected chi connectivity index (χ1v) is 8.78. The molecule has 1 N–H and O–H groups in total. The van der Waals surface area contributed by atoms with Crippen LogP contribution in [0.3, 0.4) is 0 Å². The third-order valence-electron chi connectivity index (χ3n) is 5.94. The molecule has 114 valence electrons. The highest BCUT2D eigenvalue weighted by molar-refractivity contribution is 5.27. The molecule has 0 amide bonds. The Morgan fingerprint density at radius 2 is 2.05 bits per heavy atom. The van der Waals surface area contributed by atoms with E-state index in [2.05, 4.69) is 47.5 Å². The van der Waals surface area contributed by atoms with E-state index in [1.165, 1.54) is 57.3 Å². The van der Waals surface area contributed by atoms with Crippen molar-refractivity contribution in [2.24, 2.45) is 5.41 Å². The summed E-state index contributed by atoms with van der Waals surface area (Å²) in [6, 6.07) is 12.6. The first-order valence-electron chi connectivity index (χ1n) is 8.78. The van der Waals surface area contributed by atoms with Gasteiger partial charge in [-0.15, -0.1) is 0 Å². The number of benzene rings is 1. The predicted octanol–water partition coefficient (Wildman–Crippen LogP) is 3.40. The standard InChI is InChI=1S/C19H28N2/c1-15-6-5-11-21(15)14-19(9-10-19)13-20-18-12-17(18)16-7-3-2-4-8-16/h2-4,7-8,15,17-18,20H,5-6,9-14H2,1H3/t15-,17-,18+/m1/s1. The van der Waals surface area contributed by atoms with E-state index in [1.54, 1.807) is 0 Å². The van der Waals surface area contributed by atoms with Gasteiger partial charge in [-0.25, -0.2) is 0 Å². The Morgan fingerprint density at radius 3 is 2.71 bits per heavy atom. The van der Waals surface area contributed by atoms with Crippen LogP contribution in [0.4, 0.5) is 0 Å². The van der Waals surface area contributed by atoms with Crippen LogP contribution in [0.2, 0.25) is 0 Å². The second kappa shape index (κ2) is 5.40. The van der Waals surface area contributed by atoms with Crippen LogP contribution >= 0.6 is 0 Å². The van der Waals surface area contributed by atoms with Gasteiger partial charge in [0.1, 0.15) is 0 Å². The molecule has 1 heterocycles. The van der Waals surface area contributed by atoms with Gasteiger partial charge in [-0.2, -0.15) is 0 Å². The van der Waals surface area contributed by atoms with Gasteiger partial charge in [0.15, 0.2) is 0 Å². The minimum Gasteiger partial charge on any atom is -0.313 e. The molecule has 2 heteroatoms. The molecular weight excluding hydrogens is 256 g/mol. The zero-order valence-corrected chi connectivity index (χ0v) is 13.2. The van der Waals surface area contributed by atoms with Crippen molar-refractivity contribution in [1.29, 1.82) is 0 Å². The second-order valence-corrected chi connectivity index (χ2v) is 7.70. The first kappa shape index (κ1) is 13.8. The smallest absolute Gasteiger partial charge is 0.0143 e. The Bertz CT molecular complexity index is 480. The number of hydrogen-bond acceptors (Lipinski definition) is 2. The number of nitrogens with zero attached hydrogens (tertiary/aromatic N) is 1. The molecule has 0 bridgehead atoms. The van der Waals surface area contributed by atoms with Crippen molar-refractivity contribution < 1.29 is 0 Å². The summed E-state index contributed by atoms with van der Waals surface area (Å²) in [4.78, 5) is 2.73. The summed E-state index contributed by atoms with van der Waals surface area (Å²) in [5.41, 5.74) is 2.13. The summed E-state index contributed by atoms with van der Waals surface area (Å²) in [5.74, 6) is 0.771. The van der Waals surface area contributed by atoms with E-state index >= 15 is 0 Å². The molecule has 0 unspecified atom stereocenters. The lowest BCUT2D eigenvalue weighted by Crippen LogP contribution is -2.38. The van der Waals surface area contributed by atoms with Gasteiger partial charge in [-0.3, -0.25) is 0 Å². The molecule has 0 radical (unpaired) electrons. The van der Waals surface area contributed by atoms with Crippen molar-refractivity contribution in [2.75, 3.05) is 19.6 Å². The van der Waals surface area contributed by atoms with Crippen molar-refractivity contribution in [3.63, 3.8) is 0 Å². The summed E-state index contributed by atoms with van der Waals surface area (Å²) in [5, 5.41) is 3.87. The summed E-state index contributed by atoms with van der Waals surface area (Å²) in [6.07, 6.45) is 7.02. The molecule has 2 saturated carbocycles. The first-order chi connectivity index (χ1) is 10.3. The van der Waals surface area contributed by atoms with E-state index in [9.17, 15) is 0 Å². The van der Waals surface area contributed by atoms with Crippen LogP contribution in [-0.2, 0) is 0 Å². The third-order valence-corrected chi connectivity index (χ3v) is 5.94. The SMILES string of the molecule is C[C@@H]1CCCN1CC1(CN[C@H]2C[C@@H]2c2ccccc2)CC1. The number of hydrogen-bond donors (Lipinski definition) is 1. The van der Waals surface area contributed by atoms with E-state index in [-0.39, 0.29) is 0 Å². The van der Waals surface area contributed by atoms with Gasteiger partial charge in [0, 0.05) is 31.1 Å². The maximum absolute atomic E-state index is 3.87. The molecule has 21 heavy (non-hydrogen) atoms. The summed E-state index contributed by atoms with van der Waals surface area (Å²) in [6.45, 7) is 6.32. The zero-order valence-electron chi connectivity index (χ0n) is 13.2. The van der Waals surface area contributed by atoms with Gasteiger partial charge in [-0.05, 0) is 56.6 Å². The van der Waals surface area contributed by atoms with E-state index in [0.717, 1.165) is 18.0 Å². The van der Waals surface area contributed by atoms with E-state index < -0.39 is 0 Å². The molecule has 3 atom stereocenters. The van der Waals surface area contributed by atoms with E-state index in [4.69, 9.17) is 0 Å². The predicted molar refractivity (Wildman–Crippen MR) is 87.5 cm³/mol. The average molecular weight is 284 g/mol. The van der Waals surface area contributed by atoms with E-state index in [0.29, 0.717) is 5.41 Å². The van der Waals surface area contributed by atoms with Crippen LogP contribution in [0, 0.1) is 5.41 Å². The van der Waals surface area contributed by atoms with E-state index in [1.807, 2.05) is 0 Å². The second-order valence-electron chi connectivity index (χ2n) is 7.70. The minimum absolute atomic E-state index is 0.614. The molecular formula is C19H28N2. The number of likely N-dealkylation sites (tertiary alicyclic amines) is 1. The summed E-state index contributed by atoms with van der Waals surface area (Å²) in [7, 11) is 0. The van der Waals surface area contributed by atoms with Crippen molar-refractivity contribution >= 4 is 0 Å². The van der Waals surface area contributed by atoms with Gasteiger partial charge in [0.25, 0.3) is 0 Å². The van der Waals surface area contributed by atoms with Gasteiger partial charge >= 0.3 is 0 Å². The van der Waals surface area contributed by atoms with Crippen LogP contribution in [0.25, 0.3) is 0 Å². The fourth-order valence-corrected chi connectivity index (χ4v) is 4.06. The molecule has 1 aromatic rings. The van der Waals surface area contributed by atoms with Crippen LogP contribution in [0.5, 0.6) is 0 Å². The zero-order chi connectivity index (χ0) is 14.3. The average Bonchev–Trinajstić information content (AvgIpc) is 3.40. The van der Waals surface area contributed by atoms with Gasteiger partial charge in [0.2, 0.25) is 0 Å². The monoisotopic (exact) mass is 284 g/mol. The molecule has 4 rings (SSSR count). The number of nitrogens with one attached hydrogen (secondary N) is 1.